The van der Waals surface area contributed by atoms with Crippen LogP contribution in [-0.2, 0) is 55.9 Å². The first-order valence-corrected chi connectivity index (χ1v) is 22.3. The first kappa shape index (κ1) is 43.2. The Hall–Kier alpha value is -5.51. The number of carbonyl (C=O) groups is 2. The van der Waals surface area contributed by atoms with Crippen molar-refractivity contribution in [1.82, 2.24) is 0 Å². The van der Waals surface area contributed by atoms with E-state index < -0.39 is 35.4 Å². The van der Waals surface area contributed by atoms with Crippen LogP contribution in [0.5, 0.6) is 5.75 Å². The zero-order valence-corrected chi connectivity index (χ0v) is 36.2. The first-order valence-electron chi connectivity index (χ1n) is 22.3. The highest BCUT2D eigenvalue weighted by Crippen LogP contribution is 2.52. The molecule has 9 rings (SSSR count). The summed E-state index contributed by atoms with van der Waals surface area (Å²) >= 11 is 0. The second kappa shape index (κ2) is 19.3. The molecule has 0 saturated heterocycles. The maximum absolute atomic E-state index is 14.7. The first-order chi connectivity index (χ1) is 30.1. The second-order valence-electron chi connectivity index (χ2n) is 17.7. The third kappa shape index (κ3) is 9.59. The van der Waals surface area contributed by atoms with Gasteiger partial charge in [-0.1, -0.05) is 91.7 Å². The van der Waals surface area contributed by atoms with Crippen LogP contribution in [0, 0.1) is 11.8 Å². The molecule has 0 radical (unpaired) electrons. The Morgan fingerprint density at radius 3 is 2.31 bits per heavy atom. The van der Waals surface area contributed by atoms with Crippen molar-refractivity contribution in [3.63, 3.8) is 0 Å². The Morgan fingerprint density at radius 2 is 1.55 bits per heavy atom. The van der Waals surface area contributed by atoms with Gasteiger partial charge in [-0.05, 0) is 123 Å². The lowest BCUT2D eigenvalue weighted by atomic mass is 9.76. The molecule has 9 heteroatoms. The van der Waals surface area contributed by atoms with E-state index in [1.807, 2.05) is 25.1 Å². The van der Waals surface area contributed by atoms with Gasteiger partial charge in [-0.3, -0.25) is 4.79 Å². The molecule has 9 nitrogen and oxygen atoms in total. The van der Waals surface area contributed by atoms with E-state index in [9.17, 15) is 19.5 Å². The number of hydrogen-bond donors (Lipinski definition) is 1. The molecule has 324 valence electrons. The van der Waals surface area contributed by atoms with E-state index in [4.69, 9.17) is 23.4 Å². The molecule has 5 aromatic rings. The van der Waals surface area contributed by atoms with E-state index >= 15 is 0 Å². The summed E-state index contributed by atoms with van der Waals surface area (Å²) in [5, 5.41) is 11.0. The minimum absolute atomic E-state index is 0.0193. The number of aliphatic hydroxyl groups excluding tert-OH is 1. The quantitative estimate of drug-likeness (QED) is 0.0833. The van der Waals surface area contributed by atoms with Crippen molar-refractivity contribution in [2.45, 2.75) is 109 Å². The predicted octanol–water partition coefficient (Wildman–Crippen LogP) is 9.55. The van der Waals surface area contributed by atoms with E-state index in [2.05, 4.69) is 72.8 Å². The summed E-state index contributed by atoms with van der Waals surface area (Å²) in [6.45, 7) is 3.72. The Balaban J connectivity index is 1.20. The number of fused-ring (bicyclic) bond motifs is 13. The van der Waals surface area contributed by atoms with Gasteiger partial charge in [0, 0.05) is 42.4 Å². The fourth-order valence-electron chi connectivity index (χ4n) is 9.85. The van der Waals surface area contributed by atoms with Crippen LogP contribution in [0.1, 0.15) is 104 Å². The molecule has 4 unspecified atom stereocenters. The van der Waals surface area contributed by atoms with Crippen molar-refractivity contribution in [3.8, 4) is 5.75 Å². The van der Waals surface area contributed by atoms with Gasteiger partial charge in [0.1, 0.15) is 16.9 Å². The minimum Gasteiger partial charge on any atom is -0.483 e. The van der Waals surface area contributed by atoms with Gasteiger partial charge < -0.3 is 28.5 Å². The van der Waals surface area contributed by atoms with Crippen molar-refractivity contribution < 1.29 is 38.1 Å². The van der Waals surface area contributed by atoms with Crippen LogP contribution < -0.4 is 10.4 Å². The van der Waals surface area contributed by atoms with E-state index in [0.29, 0.717) is 65.7 Å². The van der Waals surface area contributed by atoms with Gasteiger partial charge in [-0.2, -0.15) is 0 Å². The normalized spacial score (nSPS) is 23.0. The lowest BCUT2D eigenvalue weighted by Gasteiger charge is -2.48. The van der Waals surface area contributed by atoms with Gasteiger partial charge in [-0.15, -0.1) is 0 Å². The second-order valence-corrected chi connectivity index (χ2v) is 17.7. The Bertz CT molecular complexity index is 2460. The summed E-state index contributed by atoms with van der Waals surface area (Å²) < 4.78 is 31.7. The van der Waals surface area contributed by atoms with Crippen molar-refractivity contribution in [2.24, 2.45) is 11.8 Å². The summed E-state index contributed by atoms with van der Waals surface area (Å²) in [7, 11) is 1.58. The molecule has 2 bridgehead atoms. The number of aryl methyl sites for hydroxylation is 2. The Kier molecular flexibility index (Phi) is 13.4. The van der Waals surface area contributed by atoms with Crippen LogP contribution >= 0.6 is 0 Å². The zero-order chi connectivity index (χ0) is 43.2. The van der Waals surface area contributed by atoms with Gasteiger partial charge in [0.05, 0.1) is 18.8 Å². The van der Waals surface area contributed by atoms with Gasteiger partial charge in [0.2, 0.25) is 0 Å². The Labute approximate surface area is 364 Å². The molecule has 1 aromatic heterocycles. The van der Waals surface area contributed by atoms with E-state index in [1.165, 1.54) is 16.7 Å². The van der Waals surface area contributed by atoms with Gasteiger partial charge in [0.25, 0.3) is 0 Å². The van der Waals surface area contributed by atoms with Gasteiger partial charge in [-0.25, -0.2) is 9.59 Å². The molecule has 1 saturated carbocycles. The van der Waals surface area contributed by atoms with Crippen LogP contribution in [0.3, 0.4) is 0 Å². The standard InChI is InChI=1S/C53H58O9/c1-34(33-54)44-24-22-35-16-18-38(19-17-35)30-40(21-20-37-12-9-13-39(29-37)28-36-10-5-4-6-11-36)31-46(55)59-49-47-45(25-23-41-32-42(26-27-58-3)51(56)60-48(41)47)62-53(2,43-14-7-8-15-43)50(49)61-52(44)57/h4-6,9-13,16-19,23,25,29,32,40,43,49-50,54H,7-8,14-15,20-22,24,26-28,30-31,33H2,1-3H3. The number of hydrogen-bond acceptors (Lipinski definition) is 9. The number of esters is 2. The SMILES string of the molecule is COCCc1cc2ccc3c(c2oc1=O)C1OC(=O)CC(CCc2cccc(Cc4ccccc4)c2)Cc2ccc(cc2)CCC(=C(C)CO)C(=O)OC1C(C)(C1CCCC1)O3. The highest BCUT2D eigenvalue weighted by molar-refractivity contribution is 5.90. The van der Waals surface area contributed by atoms with E-state index in [-0.39, 0.29) is 30.4 Å². The molecule has 0 spiro atoms. The molecule has 1 fully saturated rings. The van der Waals surface area contributed by atoms with Crippen molar-refractivity contribution in [2.75, 3.05) is 20.3 Å². The number of methoxy groups -OCH3 is 1. The van der Waals surface area contributed by atoms with Crippen LogP contribution in [-0.4, -0.2) is 49.1 Å². The number of rotatable bonds is 10. The fourth-order valence-corrected chi connectivity index (χ4v) is 9.85. The van der Waals surface area contributed by atoms with Gasteiger partial charge >= 0.3 is 17.6 Å². The van der Waals surface area contributed by atoms with Crippen LogP contribution in [0.2, 0.25) is 0 Å². The largest absolute Gasteiger partial charge is 0.483 e. The van der Waals surface area contributed by atoms with E-state index in [1.54, 1.807) is 20.1 Å². The highest BCUT2D eigenvalue weighted by atomic mass is 16.6. The van der Waals surface area contributed by atoms with Crippen LogP contribution in [0.4, 0.5) is 0 Å². The van der Waals surface area contributed by atoms with Crippen LogP contribution in [0.25, 0.3) is 11.0 Å². The summed E-state index contributed by atoms with van der Waals surface area (Å²) in [5.41, 5.74) is 6.17. The maximum atomic E-state index is 14.7. The maximum Gasteiger partial charge on any atom is 0.339 e. The van der Waals surface area contributed by atoms with Crippen molar-refractivity contribution >= 4 is 22.9 Å². The molecule has 4 atom stereocenters. The summed E-state index contributed by atoms with van der Waals surface area (Å²) in [4.78, 5) is 42.9. The average molecular weight is 839 g/mol. The molecule has 3 aliphatic heterocycles. The highest BCUT2D eigenvalue weighted by Gasteiger charge is 2.57. The molecule has 62 heavy (non-hydrogen) atoms. The van der Waals surface area contributed by atoms with Crippen molar-refractivity contribution in [1.29, 1.82) is 0 Å². The minimum atomic E-state index is -1.16. The van der Waals surface area contributed by atoms with Gasteiger partial charge in [0.15, 0.2) is 12.2 Å². The molecular weight excluding hydrogens is 781 g/mol. The molecule has 4 aliphatic rings. The lowest BCUT2D eigenvalue weighted by Crippen LogP contribution is -2.58. The molecule has 4 aromatic carbocycles. The third-order valence-electron chi connectivity index (χ3n) is 13.4. The summed E-state index contributed by atoms with van der Waals surface area (Å²) in [6.07, 6.45) is 5.81. The lowest BCUT2D eigenvalue weighted by molar-refractivity contribution is -0.199. The number of aliphatic hydroxyl groups is 1. The van der Waals surface area contributed by atoms with Crippen LogP contribution in [0.15, 0.2) is 117 Å². The smallest absolute Gasteiger partial charge is 0.339 e. The molecule has 1 aliphatic carbocycles. The number of carbonyl (C=O) groups excluding carboxylic acids is 2. The number of benzene rings is 4. The number of ether oxygens (including phenoxy) is 4. The molecule has 4 heterocycles. The zero-order valence-electron chi connectivity index (χ0n) is 36.2. The monoisotopic (exact) mass is 838 g/mol. The summed E-state index contributed by atoms with van der Waals surface area (Å²) in [6, 6.07) is 33.0. The topological polar surface area (TPSA) is 122 Å². The molecular formula is C53H58O9. The van der Waals surface area contributed by atoms with E-state index in [0.717, 1.165) is 56.1 Å². The molecule has 1 N–H and O–H groups in total. The average Bonchev–Trinajstić information content (AvgIpc) is 3.83. The summed E-state index contributed by atoms with van der Waals surface area (Å²) in [5.74, 6) is -0.709. The predicted molar refractivity (Wildman–Crippen MR) is 238 cm³/mol. The fraction of sp³-hybridized carbons (Fsp3) is 0.415. The van der Waals surface area contributed by atoms with Crippen molar-refractivity contribution in [3.05, 3.63) is 158 Å². The Morgan fingerprint density at radius 1 is 0.806 bits per heavy atom. The third-order valence-corrected chi connectivity index (χ3v) is 13.4. The molecule has 0 amide bonds.